The molecule has 3 heterocycles. The summed E-state index contributed by atoms with van der Waals surface area (Å²) in [7, 11) is 0. The summed E-state index contributed by atoms with van der Waals surface area (Å²) in [5, 5.41) is 10.9. The first-order chi connectivity index (χ1) is 11.2. The molecule has 1 aliphatic rings. The largest absolute Gasteiger partial charge is 0.486 e. The monoisotopic (exact) mass is 379 g/mol. The molecule has 0 fully saturated rings. The predicted molar refractivity (Wildman–Crippen MR) is 83.2 cm³/mol. The zero-order valence-electron chi connectivity index (χ0n) is 11.8. The Hall–Kier alpha value is -2.42. The molecule has 118 valence electrons. The van der Waals surface area contributed by atoms with Crippen molar-refractivity contribution in [2.24, 2.45) is 0 Å². The number of fused-ring (bicyclic) bond motifs is 2. The molecule has 2 aromatic heterocycles. The second kappa shape index (κ2) is 5.65. The number of nitrogens with zero attached hydrogens (tertiary/aromatic N) is 4. The molecule has 0 saturated carbocycles. The zero-order chi connectivity index (χ0) is 15.8. The van der Waals surface area contributed by atoms with Crippen molar-refractivity contribution in [1.82, 2.24) is 19.6 Å². The van der Waals surface area contributed by atoms with Crippen molar-refractivity contribution in [3.63, 3.8) is 0 Å². The zero-order valence-corrected chi connectivity index (χ0v) is 13.4. The Morgan fingerprint density at radius 1 is 1.30 bits per heavy atom. The quantitative estimate of drug-likeness (QED) is 0.753. The molecule has 0 unspecified atom stereocenters. The molecule has 7 nitrogen and oxygen atoms in total. The van der Waals surface area contributed by atoms with E-state index in [0.29, 0.717) is 41.7 Å². The molecule has 1 aliphatic heterocycles. The highest BCUT2D eigenvalue weighted by molar-refractivity contribution is 9.10. The van der Waals surface area contributed by atoms with Crippen molar-refractivity contribution < 1.29 is 13.9 Å². The van der Waals surface area contributed by atoms with E-state index in [4.69, 9.17) is 9.47 Å². The molecule has 0 radical (unpaired) electrons. The maximum atomic E-state index is 14.2. The van der Waals surface area contributed by atoms with Gasteiger partial charge in [-0.3, -0.25) is 4.40 Å². The molecule has 1 N–H and O–H groups in total. The standard InChI is InChI=1S/C14H11BrFN5O2/c15-11-6-18-13(14-20-19-7-21(11)14)17-5-8-9(16)1-2-10-12(8)23-4-3-22-10/h1-2,6-7H,3-5H2,(H,17,18). The highest BCUT2D eigenvalue weighted by Gasteiger charge is 2.20. The van der Waals surface area contributed by atoms with E-state index >= 15 is 0 Å². The Balaban J connectivity index is 1.66. The fourth-order valence-corrected chi connectivity index (χ4v) is 2.76. The molecule has 1 aromatic carbocycles. The van der Waals surface area contributed by atoms with Crippen LogP contribution < -0.4 is 14.8 Å². The van der Waals surface area contributed by atoms with E-state index in [2.05, 4.69) is 36.4 Å². The number of halogens is 2. The van der Waals surface area contributed by atoms with Gasteiger partial charge in [-0.2, -0.15) is 0 Å². The Kier molecular flexibility index (Phi) is 3.49. The lowest BCUT2D eigenvalue weighted by atomic mass is 10.1. The van der Waals surface area contributed by atoms with Crippen LogP contribution in [0.15, 0.2) is 29.3 Å². The Morgan fingerprint density at radius 2 is 2.17 bits per heavy atom. The lowest BCUT2D eigenvalue weighted by Crippen LogP contribution is -2.18. The third-order valence-corrected chi connectivity index (χ3v) is 4.06. The van der Waals surface area contributed by atoms with Gasteiger partial charge < -0.3 is 14.8 Å². The molecule has 0 bridgehead atoms. The molecule has 0 aliphatic carbocycles. The topological polar surface area (TPSA) is 73.6 Å². The molecule has 3 aromatic rings. The van der Waals surface area contributed by atoms with Crippen molar-refractivity contribution in [3.05, 3.63) is 40.6 Å². The smallest absolute Gasteiger partial charge is 0.204 e. The third-order valence-electron chi connectivity index (χ3n) is 3.48. The van der Waals surface area contributed by atoms with E-state index in [9.17, 15) is 4.39 Å². The molecular weight excluding hydrogens is 369 g/mol. The maximum Gasteiger partial charge on any atom is 0.204 e. The number of anilines is 1. The molecule has 0 amide bonds. The molecule has 0 saturated heterocycles. The van der Waals surface area contributed by atoms with Gasteiger partial charge in [0.25, 0.3) is 0 Å². The van der Waals surface area contributed by atoms with Crippen LogP contribution >= 0.6 is 15.9 Å². The summed E-state index contributed by atoms with van der Waals surface area (Å²) in [4.78, 5) is 4.26. The summed E-state index contributed by atoms with van der Waals surface area (Å²) in [6, 6.07) is 2.94. The van der Waals surface area contributed by atoms with Crippen LogP contribution in [-0.2, 0) is 6.54 Å². The number of rotatable bonds is 3. The summed E-state index contributed by atoms with van der Waals surface area (Å²) in [5.74, 6) is 1.11. The van der Waals surface area contributed by atoms with Crippen LogP contribution in [0.1, 0.15) is 5.56 Å². The van der Waals surface area contributed by atoms with Crippen molar-refractivity contribution in [2.45, 2.75) is 6.54 Å². The second-order valence-electron chi connectivity index (χ2n) is 4.86. The molecular formula is C14H11BrFN5O2. The maximum absolute atomic E-state index is 14.2. The molecule has 4 rings (SSSR count). The summed E-state index contributed by atoms with van der Waals surface area (Å²) < 4.78 is 27.6. The van der Waals surface area contributed by atoms with Crippen LogP contribution in [0.2, 0.25) is 0 Å². The van der Waals surface area contributed by atoms with E-state index < -0.39 is 0 Å². The van der Waals surface area contributed by atoms with Gasteiger partial charge in [0.05, 0.1) is 11.8 Å². The lowest BCUT2D eigenvalue weighted by molar-refractivity contribution is 0.169. The SMILES string of the molecule is Fc1ccc2c(c1CNc1ncc(Br)n3cnnc13)OCCO2. The van der Waals surface area contributed by atoms with Crippen LogP contribution in [-0.4, -0.2) is 32.8 Å². The average molecular weight is 380 g/mol. The van der Waals surface area contributed by atoms with Gasteiger partial charge in [0.15, 0.2) is 17.3 Å². The number of benzene rings is 1. The minimum atomic E-state index is -0.364. The van der Waals surface area contributed by atoms with Crippen molar-refractivity contribution in [1.29, 1.82) is 0 Å². The predicted octanol–water partition coefficient (Wildman–Crippen LogP) is 2.41. The number of ether oxygens (including phenoxy) is 2. The van der Waals surface area contributed by atoms with Gasteiger partial charge in [-0.05, 0) is 28.1 Å². The minimum Gasteiger partial charge on any atom is -0.486 e. The van der Waals surface area contributed by atoms with Gasteiger partial charge in [-0.1, -0.05) is 0 Å². The molecule has 0 atom stereocenters. The van der Waals surface area contributed by atoms with Crippen LogP contribution in [0, 0.1) is 5.82 Å². The minimum absolute atomic E-state index is 0.190. The Bertz CT molecular complexity index is 885. The fourth-order valence-electron chi connectivity index (χ4n) is 2.40. The van der Waals surface area contributed by atoms with Gasteiger partial charge in [0, 0.05) is 6.54 Å². The first-order valence-corrected chi connectivity index (χ1v) is 7.68. The van der Waals surface area contributed by atoms with E-state index in [1.807, 2.05) is 0 Å². The van der Waals surface area contributed by atoms with Gasteiger partial charge in [0.1, 0.15) is 30.0 Å². The fraction of sp³-hybridized carbons (Fsp3) is 0.214. The van der Waals surface area contributed by atoms with Crippen molar-refractivity contribution in [3.8, 4) is 11.5 Å². The van der Waals surface area contributed by atoms with Crippen LogP contribution in [0.4, 0.5) is 10.2 Å². The average Bonchev–Trinajstić information content (AvgIpc) is 3.06. The molecule has 9 heteroatoms. The number of nitrogens with one attached hydrogen (secondary N) is 1. The second-order valence-corrected chi connectivity index (χ2v) is 5.67. The van der Waals surface area contributed by atoms with Crippen molar-refractivity contribution >= 4 is 27.4 Å². The number of aromatic nitrogens is 4. The highest BCUT2D eigenvalue weighted by atomic mass is 79.9. The highest BCUT2D eigenvalue weighted by Crippen LogP contribution is 2.35. The van der Waals surface area contributed by atoms with Gasteiger partial charge in [0.2, 0.25) is 5.65 Å². The van der Waals surface area contributed by atoms with Crippen LogP contribution in [0.5, 0.6) is 11.5 Å². The first kappa shape index (κ1) is 14.2. The van der Waals surface area contributed by atoms with Crippen molar-refractivity contribution in [2.75, 3.05) is 18.5 Å². The molecule has 0 spiro atoms. The summed E-state index contributed by atoms with van der Waals surface area (Å²) in [5.41, 5.74) is 0.936. The van der Waals surface area contributed by atoms with E-state index in [1.54, 1.807) is 23.0 Å². The first-order valence-electron chi connectivity index (χ1n) is 6.89. The van der Waals surface area contributed by atoms with Gasteiger partial charge >= 0.3 is 0 Å². The number of hydrogen-bond acceptors (Lipinski definition) is 6. The Labute approximate surface area is 138 Å². The summed E-state index contributed by atoms with van der Waals surface area (Å²) in [6.45, 7) is 1.05. The van der Waals surface area contributed by atoms with Crippen LogP contribution in [0.3, 0.4) is 0 Å². The van der Waals surface area contributed by atoms with E-state index in [-0.39, 0.29) is 12.4 Å². The molecule has 23 heavy (non-hydrogen) atoms. The normalized spacial score (nSPS) is 13.3. The summed E-state index contributed by atoms with van der Waals surface area (Å²) in [6.07, 6.45) is 3.18. The lowest BCUT2D eigenvalue weighted by Gasteiger charge is -2.21. The van der Waals surface area contributed by atoms with E-state index in [1.165, 1.54) is 6.07 Å². The van der Waals surface area contributed by atoms with Gasteiger partial charge in [-0.25, -0.2) is 9.37 Å². The van der Waals surface area contributed by atoms with Gasteiger partial charge in [-0.15, -0.1) is 10.2 Å². The Morgan fingerprint density at radius 3 is 3.09 bits per heavy atom. The summed E-state index contributed by atoms with van der Waals surface area (Å²) >= 11 is 3.36. The third kappa shape index (κ3) is 2.46. The van der Waals surface area contributed by atoms with Crippen LogP contribution in [0.25, 0.3) is 5.65 Å². The van der Waals surface area contributed by atoms with E-state index in [0.717, 1.165) is 4.60 Å². The number of hydrogen-bond donors (Lipinski definition) is 1.